The highest BCUT2D eigenvalue weighted by atomic mass is 31.2. The molecule has 0 atom stereocenters. The van der Waals surface area contributed by atoms with Crippen LogP contribution in [0.1, 0.15) is 44.1 Å². The molecule has 1 fully saturated rings. The van der Waals surface area contributed by atoms with Gasteiger partial charge >= 0.3 is 14.2 Å². The summed E-state index contributed by atoms with van der Waals surface area (Å²) in [5.41, 5.74) is 0.603. The number of carbonyl (C=O) groups excluding carboxylic acids is 1. The molecule has 0 saturated carbocycles. The van der Waals surface area contributed by atoms with Gasteiger partial charge in [-0.1, -0.05) is 24.7 Å². The van der Waals surface area contributed by atoms with Crippen LogP contribution in [0, 0.1) is 11.8 Å². The Kier molecular flexibility index (Phi) is 8.74. The Hall–Kier alpha value is -2.05. The van der Waals surface area contributed by atoms with Crippen molar-refractivity contribution in [3.05, 3.63) is 29.8 Å². The quantitative estimate of drug-likeness (QED) is 0.340. The number of benzene rings is 1. The summed E-state index contributed by atoms with van der Waals surface area (Å²) >= 11 is 0. The van der Waals surface area contributed by atoms with Crippen molar-refractivity contribution in [3.8, 4) is 17.6 Å². The number of amides is 1. The maximum absolute atomic E-state index is 12.1. The third-order valence-electron chi connectivity index (χ3n) is 4.25. The third-order valence-corrected chi connectivity index (χ3v) is 4.82. The molecule has 0 aliphatic carbocycles. The number of halogens is 3. The largest absolute Gasteiger partial charge is 0.573 e. The predicted octanol–water partition coefficient (Wildman–Crippen LogP) is 3.60. The van der Waals surface area contributed by atoms with Crippen molar-refractivity contribution in [2.24, 2.45) is 0 Å². The van der Waals surface area contributed by atoms with Crippen LogP contribution in [-0.2, 0) is 13.9 Å². The van der Waals surface area contributed by atoms with Crippen LogP contribution in [0.2, 0.25) is 0 Å². The van der Waals surface area contributed by atoms with Crippen molar-refractivity contribution in [1.29, 1.82) is 0 Å². The average molecular weight is 449 g/mol. The SMILES string of the molecule is O=C(CCCCCCC#Cc1ccc(OC(F)(F)F)cc1)N1CC(OP(=O)(O)O)C1. The zero-order valence-electron chi connectivity index (χ0n) is 16.1. The molecule has 1 amide bonds. The number of nitrogens with zero attached hydrogens (tertiary/aromatic N) is 1. The highest BCUT2D eigenvalue weighted by Gasteiger charge is 2.35. The Morgan fingerprint density at radius 1 is 1.13 bits per heavy atom. The first-order valence-corrected chi connectivity index (χ1v) is 10.9. The van der Waals surface area contributed by atoms with Crippen LogP contribution >= 0.6 is 7.82 Å². The van der Waals surface area contributed by atoms with E-state index in [0.29, 0.717) is 24.8 Å². The molecule has 1 aliphatic heterocycles. The molecule has 1 aromatic rings. The second kappa shape index (κ2) is 10.8. The fourth-order valence-corrected chi connectivity index (χ4v) is 3.33. The van der Waals surface area contributed by atoms with E-state index in [1.54, 1.807) is 0 Å². The van der Waals surface area contributed by atoms with E-state index in [-0.39, 0.29) is 24.7 Å². The molecule has 1 heterocycles. The average Bonchev–Trinajstić information content (AvgIpc) is 2.59. The fourth-order valence-electron chi connectivity index (χ4n) is 2.81. The summed E-state index contributed by atoms with van der Waals surface area (Å²) in [6.45, 7) is 0.395. The van der Waals surface area contributed by atoms with Crippen LogP contribution in [0.5, 0.6) is 5.75 Å². The van der Waals surface area contributed by atoms with E-state index in [1.807, 2.05) is 0 Å². The number of unbranched alkanes of at least 4 members (excludes halogenated alkanes) is 4. The maximum atomic E-state index is 12.1. The molecule has 2 rings (SSSR count). The minimum Gasteiger partial charge on any atom is -0.406 e. The smallest absolute Gasteiger partial charge is 0.406 e. The molecule has 30 heavy (non-hydrogen) atoms. The molecule has 7 nitrogen and oxygen atoms in total. The fraction of sp³-hybridized carbons (Fsp3) is 0.526. The first-order valence-electron chi connectivity index (χ1n) is 9.38. The van der Waals surface area contributed by atoms with E-state index < -0.39 is 20.3 Å². The van der Waals surface area contributed by atoms with Crippen LogP contribution in [0.25, 0.3) is 0 Å². The molecule has 0 spiro atoms. The van der Waals surface area contributed by atoms with Gasteiger partial charge in [0.2, 0.25) is 5.91 Å². The van der Waals surface area contributed by atoms with Gasteiger partial charge < -0.3 is 19.4 Å². The van der Waals surface area contributed by atoms with Gasteiger partial charge in [0, 0.05) is 31.5 Å². The Morgan fingerprint density at radius 2 is 1.77 bits per heavy atom. The van der Waals surface area contributed by atoms with Gasteiger partial charge in [-0.05, 0) is 37.1 Å². The molecule has 0 bridgehead atoms. The summed E-state index contributed by atoms with van der Waals surface area (Å²) in [5.74, 6) is 5.50. The van der Waals surface area contributed by atoms with Gasteiger partial charge in [0.15, 0.2) is 0 Å². The van der Waals surface area contributed by atoms with Gasteiger partial charge in [-0.15, -0.1) is 13.2 Å². The predicted molar refractivity (Wildman–Crippen MR) is 101 cm³/mol. The molecule has 0 aromatic heterocycles. The third kappa shape index (κ3) is 9.63. The van der Waals surface area contributed by atoms with E-state index in [9.17, 15) is 22.5 Å². The summed E-state index contributed by atoms with van der Waals surface area (Å²) in [4.78, 5) is 30.8. The van der Waals surface area contributed by atoms with Crippen molar-refractivity contribution in [3.63, 3.8) is 0 Å². The van der Waals surface area contributed by atoms with Crippen LogP contribution in [0.3, 0.4) is 0 Å². The van der Waals surface area contributed by atoms with Crippen molar-refractivity contribution in [1.82, 2.24) is 4.90 Å². The molecular weight excluding hydrogens is 426 g/mol. The van der Waals surface area contributed by atoms with Crippen LogP contribution in [0.15, 0.2) is 24.3 Å². The van der Waals surface area contributed by atoms with Gasteiger partial charge in [0.25, 0.3) is 0 Å². The summed E-state index contributed by atoms with van der Waals surface area (Å²) in [6, 6.07) is 5.36. The molecule has 11 heteroatoms. The van der Waals surface area contributed by atoms with Crippen molar-refractivity contribution in [2.75, 3.05) is 13.1 Å². The number of hydrogen-bond acceptors (Lipinski definition) is 4. The van der Waals surface area contributed by atoms with Gasteiger partial charge in [-0.3, -0.25) is 9.32 Å². The number of phosphoric ester groups is 1. The molecule has 2 N–H and O–H groups in total. The number of phosphoric acid groups is 1. The number of ether oxygens (including phenoxy) is 1. The monoisotopic (exact) mass is 449 g/mol. The standard InChI is InChI=1S/C19H23F3NO6P/c20-19(21,22)28-16-11-9-15(10-12-16)7-5-3-1-2-4-6-8-18(24)23-13-17(14-23)29-30(25,26)27/h9-12,17H,1-4,6,8,13-14H2,(H2,25,26,27). The van der Waals surface area contributed by atoms with E-state index in [0.717, 1.165) is 19.3 Å². The lowest BCUT2D eigenvalue weighted by atomic mass is 10.1. The van der Waals surface area contributed by atoms with Crippen molar-refractivity contribution < 1.29 is 41.6 Å². The molecular formula is C19H23F3NO6P. The molecule has 1 aliphatic rings. The number of rotatable bonds is 9. The zero-order chi connectivity index (χ0) is 22.2. The summed E-state index contributed by atoms with van der Waals surface area (Å²) < 4.78 is 55.2. The van der Waals surface area contributed by atoms with Gasteiger partial charge in [-0.25, -0.2) is 4.57 Å². The molecule has 1 saturated heterocycles. The lowest BCUT2D eigenvalue weighted by Crippen LogP contribution is -2.54. The highest BCUT2D eigenvalue weighted by Crippen LogP contribution is 2.39. The number of likely N-dealkylation sites (tertiary alicyclic amines) is 1. The summed E-state index contributed by atoms with van der Waals surface area (Å²) in [5, 5.41) is 0. The lowest BCUT2D eigenvalue weighted by Gasteiger charge is -2.38. The maximum Gasteiger partial charge on any atom is 0.573 e. The Bertz CT molecular complexity index is 806. The first-order chi connectivity index (χ1) is 14.0. The zero-order valence-corrected chi connectivity index (χ0v) is 17.0. The second-order valence-electron chi connectivity index (χ2n) is 6.80. The topological polar surface area (TPSA) is 96.3 Å². The Labute approximate surface area is 172 Å². The molecule has 0 radical (unpaired) electrons. The lowest BCUT2D eigenvalue weighted by molar-refractivity contribution is -0.274. The number of hydrogen-bond donors (Lipinski definition) is 2. The minimum atomic E-state index is -4.71. The summed E-state index contributed by atoms with van der Waals surface area (Å²) in [6.07, 6.45) is -0.997. The van der Waals surface area contributed by atoms with Crippen molar-refractivity contribution >= 4 is 13.7 Å². The van der Waals surface area contributed by atoms with E-state index in [4.69, 9.17) is 9.79 Å². The summed E-state index contributed by atoms with van der Waals surface area (Å²) in [7, 11) is -4.51. The molecule has 0 unspecified atom stereocenters. The molecule has 1 aromatic carbocycles. The van der Waals surface area contributed by atoms with Gasteiger partial charge in [0.1, 0.15) is 11.9 Å². The number of alkyl halides is 3. The Balaban J connectivity index is 1.53. The van der Waals surface area contributed by atoms with E-state index in [2.05, 4.69) is 21.1 Å². The van der Waals surface area contributed by atoms with Gasteiger partial charge in [0.05, 0.1) is 0 Å². The second-order valence-corrected chi connectivity index (χ2v) is 8.00. The van der Waals surface area contributed by atoms with Crippen LogP contribution < -0.4 is 4.74 Å². The Morgan fingerprint density at radius 3 is 2.37 bits per heavy atom. The molecule has 166 valence electrons. The van der Waals surface area contributed by atoms with Crippen molar-refractivity contribution in [2.45, 2.75) is 51.0 Å². The van der Waals surface area contributed by atoms with Crippen LogP contribution in [-0.4, -0.2) is 46.1 Å². The van der Waals surface area contributed by atoms with Gasteiger partial charge in [-0.2, -0.15) is 0 Å². The number of carbonyl (C=O) groups is 1. The van der Waals surface area contributed by atoms with E-state index >= 15 is 0 Å². The first kappa shape index (κ1) is 24.2. The minimum absolute atomic E-state index is 0.0571. The van der Waals surface area contributed by atoms with Crippen LogP contribution in [0.4, 0.5) is 13.2 Å². The van der Waals surface area contributed by atoms with E-state index in [1.165, 1.54) is 29.2 Å². The normalized spacial score (nSPS) is 14.6. The highest BCUT2D eigenvalue weighted by molar-refractivity contribution is 7.46.